The first-order valence-electron chi connectivity index (χ1n) is 5.44. The highest BCUT2D eigenvalue weighted by atomic mass is 32.2. The predicted molar refractivity (Wildman–Crippen MR) is 72.2 cm³/mol. The summed E-state index contributed by atoms with van der Waals surface area (Å²) in [5.41, 5.74) is 5.83. The lowest BCUT2D eigenvalue weighted by Crippen LogP contribution is -2.31. The Morgan fingerprint density at radius 2 is 2.16 bits per heavy atom. The highest BCUT2D eigenvalue weighted by molar-refractivity contribution is 7.89. The van der Waals surface area contributed by atoms with Gasteiger partial charge in [-0.25, -0.2) is 17.9 Å². The van der Waals surface area contributed by atoms with E-state index in [4.69, 9.17) is 5.73 Å². The Balaban J connectivity index is 3.15. The van der Waals surface area contributed by atoms with Crippen LogP contribution in [0.2, 0.25) is 0 Å². The van der Waals surface area contributed by atoms with Gasteiger partial charge < -0.3 is 10.5 Å². The molecule has 0 bridgehead atoms. The Bertz CT molecular complexity index is 596. The van der Waals surface area contributed by atoms with Crippen molar-refractivity contribution < 1.29 is 17.9 Å². The van der Waals surface area contributed by atoms with Crippen LogP contribution in [-0.4, -0.2) is 27.5 Å². The maximum atomic E-state index is 12.0. The molecule has 6 nitrogen and oxygen atoms in total. The number of esters is 1. The van der Waals surface area contributed by atoms with Gasteiger partial charge in [-0.1, -0.05) is 6.08 Å². The number of hydrogen-bond donors (Lipinski definition) is 2. The topological polar surface area (TPSA) is 98.5 Å². The molecule has 1 atom stereocenters. The van der Waals surface area contributed by atoms with E-state index in [2.05, 4.69) is 16.0 Å². The maximum Gasteiger partial charge on any atom is 0.337 e. The first kappa shape index (κ1) is 15.2. The molecule has 0 aliphatic heterocycles. The molecule has 1 aromatic carbocycles. The normalized spacial score (nSPS) is 12.7. The van der Waals surface area contributed by atoms with E-state index in [-0.39, 0.29) is 16.1 Å². The molecular weight excluding hydrogens is 268 g/mol. The lowest BCUT2D eigenvalue weighted by atomic mass is 10.2. The number of rotatable bonds is 5. The number of carbonyl (C=O) groups excluding carboxylic acids is 1. The largest absolute Gasteiger partial charge is 0.465 e. The summed E-state index contributed by atoms with van der Waals surface area (Å²) in [4.78, 5) is 11.2. The number of nitrogen functional groups attached to an aromatic ring is 1. The molecule has 1 unspecified atom stereocenters. The zero-order chi connectivity index (χ0) is 14.6. The van der Waals surface area contributed by atoms with Gasteiger partial charge in [-0.3, -0.25) is 0 Å². The number of sulfonamides is 1. The number of ether oxygens (including phenoxy) is 1. The first-order chi connectivity index (χ1) is 8.81. The van der Waals surface area contributed by atoms with Crippen molar-refractivity contribution in [1.29, 1.82) is 0 Å². The molecule has 7 heteroatoms. The molecule has 0 fully saturated rings. The average molecular weight is 284 g/mol. The Hall–Kier alpha value is -1.86. The number of anilines is 1. The van der Waals surface area contributed by atoms with Crippen LogP contribution in [0.25, 0.3) is 0 Å². The number of benzene rings is 1. The smallest absolute Gasteiger partial charge is 0.337 e. The Labute approximate surface area is 112 Å². The summed E-state index contributed by atoms with van der Waals surface area (Å²) in [6.07, 6.45) is 1.45. The van der Waals surface area contributed by atoms with Crippen LogP contribution in [0.3, 0.4) is 0 Å². The van der Waals surface area contributed by atoms with Gasteiger partial charge in [0.15, 0.2) is 0 Å². The van der Waals surface area contributed by atoms with Crippen molar-refractivity contribution in [3.63, 3.8) is 0 Å². The quantitative estimate of drug-likeness (QED) is 0.475. The minimum absolute atomic E-state index is 0.0216. The third-order valence-electron chi connectivity index (χ3n) is 2.41. The average Bonchev–Trinajstić information content (AvgIpc) is 2.36. The van der Waals surface area contributed by atoms with Gasteiger partial charge in [0.1, 0.15) is 4.90 Å². The van der Waals surface area contributed by atoms with Crippen LogP contribution in [0.4, 0.5) is 5.69 Å². The standard InChI is InChI=1S/C12H16N2O4S/c1-4-8(2)14-19(16,17)11-6-5-9(7-10(11)13)12(15)18-3/h4-8,14H,1,13H2,2-3H3. The van der Waals surface area contributed by atoms with Gasteiger partial charge in [-0.05, 0) is 25.1 Å². The van der Waals surface area contributed by atoms with Crippen molar-refractivity contribution in [3.05, 3.63) is 36.4 Å². The van der Waals surface area contributed by atoms with Crippen molar-refractivity contribution in [2.75, 3.05) is 12.8 Å². The summed E-state index contributed by atoms with van der Waals surface area (Å²) in [5, 5.41) is 0. The third kappa shape index (κ3) is 3.55. The molecule has 0 radical (unpaired) electrons. The van der Waals surface area contributed by atoms with E-state index in [1.165, 1.54) is 31.4 Å². The molecule has 3 N–H and O–H groups in total. The van der Waals surface area contributed by atoms with E-state index in [9.17, 15) is 13.2 Å². The third-order valence-corrected chi connectivity index (χ3v) is 4.05. The van der Waals surface area contributed by atoms with Gasteiger partial charge in [0.25, 0.3) is 0 Å². The van der Waals surface area contributed by atoms with E-state index < -0.39 is 22.0 Å². The van der Waals surface area contributed by atoms with Crippen molar-refractivity contribution in [2.45, 2.75) is 17.9 Å². The molecule has 0 amide bonds. The monoisotopic (exact) mass is 284 g/mol. The summed E-state index contributed by atoms with van der Waals surface area (Å²) >= 11 is 0. The lowest BCUT2D eigenvalue weighted by Gasteiger charge is -2.12. The van der Waals surface area contributed by atoms with Crippen LogP contribution in [0, 0.1) is 0 Å². The SMILES string of the molecule is C=CC(C)NS(=O)(=O)c1ccc(C(=O)OC)cc1N. The van der Waals surface area contributed by atoms with E-state index >= 15 is 0 Å². The maximum absolute atomic E-state index is 12.0. The summed E-state index contributed by atoms with van der Waals surface area (Å²) in [5.74, 6) is -0.580. The Morgan fingerprint density at radius 1 is 1.53 bits per heavy atom. The zero-order valence-electron chi connectivity index (χ0n) is 10.7. The molecule has 0 saturated carbocycles. The predicted octanol–water partition coefficient (Wildman–Crippen LogP) is 0.908. The first-order valence-corrected chi connectivity index (χ1v) is 6.93. The number of nitrogens with two attached hydrogens (primary N) is 1. The zero-order valence-corrected chi connectivity index (χ0v) is 11.5. The second-order valence-corrected chi connectivity index (χ2v) is 5.57. The minimum atomic E-state index is -3.75. The Morgan fingerprint density at radius 3 is 2.63 bits per heavy atom. The fraction of sp³-hybridized carbons (Fsp3) is 0.250. The van der Waals surface area contributed by atoms with Crippen molar-refractivity contribution in [3.8, 4) is 0 Å². The molecule has 0 aliphatic carbocycles. The van der Waals surface area contributed by atoms with Crippen LogP contribution in [0.5, 0.6) is 0 Å². The molecule has 0 heterocycles. The van der Waals surface area contributed by atoms with Crippen LogP contribution >= 0.6 is 0 Å². The molecule has 0 saturated heterocycles. The minimum Gasteiger partial charge on any atom is -0.465 e. The molecule has 1 rings (SSSR count). The van der Waals surface area contributed by atoms with Crippen LogP contribution in [0.15, 0.2) is 35.7 Å². The fourth-order valence-corrected chi connectivity index (χ4v) is 2.72. The van der Waals surface area contributed by atoms with Crippen molar-refractivity contribution in [2.24, 2.45) is 0 Å². The second kappa shape index (κ2) is 5.85. The van der Waals surface area contributed by atoms with Gasteiger partial charge in [0, 0.05) is 6.04 Å². The number of nitrogens with one attached hydrogen (secondary N) is 1. The summed E-state index contributed by atoms with van der Waals surface area (Å²) in [6, 6.07) is 3.44. The van der Waals surface area contributed by atoms with E-state index in [0.717, 1.165) is 0 Å². The Kier molecular flexibility index (Phi) is 4.68. The highest BCUT2D eigenvalue weighted by Gasteiger charge is 2.20. The van der Waals surface area contributed by atoms with Crippen LogP contribution in [-0.2, 0) is 14.8 Å². The highest BCUT2D eigenvalue weighted by Crippen LogP contribution is 2.20. The number of carbonyl (C=O) groups is 1. The van der Waals surface area contributed by atoms with Crippen LogP contribution < -0.4 is 10.5 Å². The number of methoxy groups -OCH3 is 1. The fourth-order valence-electron chi connectivity index (χ4n) is 1.39. The molecular formula is C12H16N2O4S. The van der Waals surface area contributed by atoms with Gasteiger partial charge in [0.2, 0.25) is 10.0 Å². The van der Waals surface area contributed by atoms with E-state index in [0.29, 0.717) is 0 Å². The van der Waals surface area contributed by atoms with Gasteiger partial charge >= 0.3 is 5.97 Å². The molecule has 0 aliphatic rings. The van der Waals surface area contributed by atoms with Gasteiger partial charge in [-0.2, -0.15) is 0 Å². The summed E-state index contributed by atoms with van der Waals surface area (Å²) in [6.45, 7) is 5.13. The van der Waals surface area contributed by atoms with Gasteiger partial charge in [-0.15, -0.1) is 6.58 Å². The van der Waals surface area contributed by atoms with Gasteiger partial charge in [0.05, 0.1) is 18.4 Å². The molecule has 0 aromatic heterocycles. The lowest BCUT2D eigenvalue weighted by molar-refractivity contribution is 0.0600. The van der Waals surface area contributed by atoms with E-state index in [1.807, 2.05) is 0 Å². The number of hydrogen-bond acceptors (Lipinski definition) is 5. The van der Waals surface area contributed by atoms with E-state index in [1.54, 1.807) is 6.92 Å². The van der Waals surface area contributed by atoms with Crippen molar-refractivity contribution >= 4 is 21.7 Å². The molecule has 19 heavy (non-hydrogen) atoms. The molecule has 1 aromatic rings. The summed E-state index contributed by atoms with van der Waals surface area (Å²) < 4.78 is 30.9. The second-order valence-electron chi connectivity index (χ2n) is 3.89. The summed E-state index contributed by atoms with van der Waals surface area (Å²) in [7, 11) is -2.52. The van der Waals surface area contributed by atoms with Crippen molar-refractivity contribution in [1.82, 2.24) is 4.72 Å². The molecule has 104 valence electrons. The molecule has 0 spiro atoms. The van der Waals surface area contributed by atoms with Crippen LogP contribution in [0.1, 0.15) is 17.3 Å².